The number of nitrogens with zero attached hydrogens (tertiary/aromatic N) is 1. The van der Waals surface area contributed by atoms with Crippen LogP contribution < -0.4 is 15.4 Å². The molecule has 2 aromatic carbocycles. The molecule has 0 radical (unpaired) electrons. The fourth-order valence-electron chi connectivity index (χ4n) is 3.05. The number of hydrogen-bond acceptors (Lipinski definition) is 6. The van der Waals surface area contributed by atoms with Crippen LogP contribution in [0.5, 0.6) is 5.75 Å². The Morgan fingerprint density at radius 2 is 1.71 bits per heavy atom. The summed E-state index contributed by atoms with van der Waals surface area (Å²) >= 11 is 0. The van der Waals surface area contributed by atoms with E-state index >= 15 is 0 Å². The highest BCUT2D eigenvalue weighted by Gasteiger charge is 2.36. The van der Waals surface area contributed by atoms with Gasteiger partial charge in [-0.1, -0.05) is 29.8 Å². The Morgan fingerprint density at radius 3 is 2.35 bits per heavy atom. The van der Waals surface area contributed by atoms with Gasteiger partial charge in [0.15, 0.2) is 0 Å². The lowest BCUT2D eigenvalue weighted by molar-refractivity contribution is -0.139. The van der Waals surface area contributed by atoms with E-state index in [1.807, 2.05) is 31.2 Å². The van der Waals surface area contributed by atoms with Gasteiger partial charge in [0.05, 0.1) is 25.2 Å². The molecule has 2 amide bonds. The van der Waals surface area contributed by atoms with Crippen LogP contribution in [0.1, 0.15) is 11.1 Å². The van der Waals surface area contributed by atoms with E-state index in [0.29, 0.717) is 5.75 Å². The molecule has 1 heterocycles. The zero-order valence-electron chi connectivity index (χ0n) is 17.3. The highest BCUT2D eigenvalue weighted by molar-refractivity contribution is 7.89. The fraction of sp³-hybridized carbons (Fsp3) is 0.333. The lowest BCUT2D eigenvalue weighted by Crippen LogP contribution is -2.47. The van der Waals surface area contributed by atoms with Gasteiger partial charge in [0.2, 0.25) is 10.0 Å². The highest BCUT2D eigenvalue weighted by atomic mass is 32.2. The number of hydrogen-bond donors (Lipinski definition) is 2. The van der Waals surface area contributed by atoms with E-state index in [-0.39, 0.29) is 31.1 Å². The zero-order valence-corrected chi connectivity index (χ0v) is 18.1. The van der Waals surface area contributed by atoms with Gasteiger partial charge in [-0.25, -0.2) is 8.42 Å². The summed E-state index contributed by atoms with van der Waals surface area (Å²) in [5, 5.41) is 4.98. The summed E-state index contributed by atoms with van der Waals surface area (Å²) in [5.74, 6) is -1.12. The number of amides is 2. The predicted octanol–water partition coefficient (Wildman–Crippen LogP) is 0.783. The molecule has 0 aliphatic carbocycles. The molecular weight excluding hydrogens is 422 g/mol. The molecule has 2 N–H and O–H groups in total. The van der Waals surface area contributed by atoms with Crippen LogP contribution in [0.25, 0.3) is 0 Å². The van der Waals surface area contributed by atoms with Crippen molar-refractivity contribution < 1.29 is 27.5 Å². The summed E-state index contributed by atoms with van der Waals surface area (Å²) in [7, 11) is -2.34. The molecule has 0 spiro atoms. The van der Waals surface area contributed by atoms with E-state index in [1.54, 1.807) is 12.1 Å². The number of carbonyl (C=O) groups is 2. The first-order chi connectivity index (χ1) is 14.8. The van der Waals surface area contributed by atoms with Crippen LogP contribution in [0.3, 0.4) is 0 Å². The monoisotopic (exact) mass is 447 g/mol. The topological polar surface area (TPSA) is 114 Å². The van der Waals surface area contributed by atoms with Crippen molar-refractivity contribution in [1.82, 2.24) is 14.9 Å². The fourth-order valence-corrected chi connectivity index (χ4v) is 4.56. The van der Waals surface area contributed by atoms with Crippen LogP contribution in [0, 0.1) is 6.92 Å². The quantitative estimate of drug-likeness (QED) is 0.607. The standard InChI is InChI=1S/C21H25N3O6S/c1-15-3-5-16(6-4-15)13-22-20(25)21(26)23-14-19-24(11-12-30-19)31(27,28)18-9-7-17(29-2)8-10-18/h3-10,19H,11-14H2,1-2H3,(H,22,25)(H,23,26). The minimum Gasteiger partial charge on any atom is -0.497 e. The van der Waals surface area contributed by atoms with Crippen LogP contribution in [0.4, 0.5) is 0 Å². The molecule has 2 aromatic rings. The number of sulfonamides is 1. The largest absolute Gasteiger partial charge is 0.497 e. The van der Waals surface area contributed by atoms with Gasteiger partial charge in [-0.2, -0.15) is 4.31 Å². The van der Waals surface area contributed by atoms with Gasteiger partial charge in [0.25, 0.3) is 0 Å². The Bertz CT molecular complexity index is 1020. The summed E-state index contributed by atoms with van der Waals surface area (Å²) < 4.78 is 37.5. The lowest BCUT2D eigenvalue weighted by atomic mass is 10.1. The van der Waals surface area contributed by atoms with Crippen LogP contribution in [-0.4, -0.2) is 57.6 Å². The second-order valence-corrected chi connectivity index (χ2v) is 8.89. The molecule has 166 valence electrons. The third-order valence-corrected chi connectivity index (χ3v) is 6.73. The molecule has 3 rings (SSSR count). The Kier molecular flexibility index (Phi) is 7.26. The van der Waals surface area contributed by atoms with Crippen LogP contribution in [0.2, 0.25) is 0 Å². The maximum absolute atomic E-state index is 12.9. The van der Waals surface area contributed by atoms with E-state index in [1.165, 1.54) is 23.5 Å². The number of ether oxygens (including phenoxy) is 2. The van der Waals surface area contributed by atoms with Gasteiger partial charge >= 0.3 is 11.8 Å². The number of nitrogens with one attached hydrogen (secondary N) is 2. The third-order valence-electron chi connectivity index (χ3n) is 4.83. The van der Waals surface area contributed by atoms with Crippen molar-refractivity contribution in [2.24, 2.45) is 0 Å². The van der Waals surface area contributed by atoms with Crippen LogP contribution in [0.15, 0.2) is 53.4 Å². The second-order valence-electron chi connectivity index (χ2n) is 7.00. The van der Waals surface area contributed by atoms with E-state index in [4.69, 9.17) is 9.47 Å². The summed E-state index contributed by atoms with van der Waals surface area (Å²) in [6.07, 6.45) is -0.902. The smallest absolute Gasteiger partial charge is 0.309 e. The molecule has 1 aliphatic heterocycles. The molecule has 1 saturated heterocycles. The summed E-state index contributed by atoms with van der Waals surface area (Å²) in [6.45, 7) is 2.36. The minimum atomic E-state index is -3.83. The molecule has 0 bridgehead atoms. The molecule has 9 nitrogen and oxygen atoms in total. The van der Waals surface area contributed by atoms with Gasteiger partial charge in [-0.15, -0.1) is 0 Å². The Labute approximate surface area is 181 Å². The predicted molar refractivity (Wildman–Crippen MR) is 113 cm³/mol. The molecular formula is C21H25N3O6S. The van der Waals surface area contributed by atoms with Gasteiger partial charge in [-0.05, 0) is 36.8 Å². The summed E-state index contributed by atoms with van der Waals surface area (Å²) in [6, 6.07) is 13.6. The maximum atomic E-state index is 12.9. The van der Waals surface area contributed by atoms with Gasteiger partial charge < -0.3 is 20.1 Å². The molecule has 1 aliphatic rings. The molecule has 0 saturated carbocycles. The van der Waals surface area contributed by atoms with E-state index in [2.05, 4.69) is 10.6 Å². The Hall–Kier alpha value is -2.95. The number of benzene rings is 2. The normalized spacial score (nSPS) is 16.6. The van der Waals surface area contributed by atoms with Crippen molar-refractivity contribution in [3.63, 3.8) is 0 Å². The minimum absolute atomic E-state index is 0.0889. The van der Waals surface area contributed by atoms with Crippen molar-refractivity contribution in [1.29, 1.82) is 0 Å². The first-order valence-electron chi connectivity index (χ1n) is 9.70. The molecule has 31 heavy (non-hydrogen) atoms. The number of carbonyl (C=O) groups excluding carboxylic acids is 2. The van der Waals surface area contributed by atoms with Crippen LogP contribution in [-0.2, 0) is 30.9 Å². The van der Waals surface area contributed by atoms with Gasteiger partial charge in [-0.3, -0.25) is 9.59 Å². The van der Waals surface area contributed by atoms with E-state index in [9.17, 15) is 18.0 Å². The Morgan fingerprint density at radius 1 is 1.06 bits per heavy atom. The summed E-state index contributed by atoms with van der Waals surface area (Å²) in [5.41, 5.74) is 1.96. The molecule has 1 fully saturated rings. The van der Waals surface area contributed by atoms with Crippen molar-refractivity contribution in [2.75, 3.05) is 26.8 Å². The third kappa shape index (κ3) is 5.60. The number of rotatable bonds is 7. The van der Waals surface area contributed by atoms with E-state index in [0.717, 1.165) is 11.1 Å². The van der Waals surface area contributed by atoms with Crippen molar-refractivity contribution in [3.05, 3.63) is 59.7 Å². The van der Waals surface area contributed by atoms with E-state index < -0.39 is 28.1 Å². The van der Waals surface area contributed by atoms with Crippen LogP contribution >= 0.6 is 0 Å². The molecule has 1 unspecified atom stereocenters. The summed E-state index contributed by atoms with van der Waals surface area (Å²) in [4.78, 5) is 24.2. The maximum Gasteiger partial charge on any atom is 0.309 e. The SMILES string of the molecule is COc1ccc(S(=O)(=O)N2CCOC2CNC(=O)C(=O)NCc2ccc(C)cc2)cc1. The van der Waals surface area contributed by atoms with Gasteiger partial charge in [0.1, 0.15) is 12.0 Å². The highest BCUT2D eigenvalue weighted by Crippen LogP contribution is 2.23. The average Bonchev–Trinajstić information content (AvgIpc) is 3.26. The van der Waals surface area contributed by atoms with Gasteiger partial charge in [0, 0.05) is 13.1 Å². The first-order valence-corrected chi connectivity index (χ1v) is 11.1. The molecule has 10 heteroatoms. The molecule has 0 aromatic heterocycles. The lowest BCUT2D eigenvalue weighted by Gasteiger charge is -2.23. The van der Waals surface area contributed by atoms with Crippen molar-refractivity contribution >= 4 is 21.8 Å². The van der Waals surface area contributed by atoms with Crippen molar-refractivity contribution in [3.8, 4) is 5.75 Å². The average molecular weight is 448 g/mol. The second kappa shape index (κ2) is 9.90. The first kappa shape index (κ1) is 22.7. The number of aryl methyl sites for hydroxylation is 1. The molecule has 1 atom stereocenters. The number of methoxy groups -OCH3 is 1. The zero-order chi connectivity index (χ0) is 22.4. The van der Waals surface area contributed by atoms with Crippen molar-refractivity contribution in [2.45, 2.75) is 24.6 Å². The Balaban J connectivity index is 1.55.